The van der Waals surface area contributed by atoms with Crippen molar-refractivity contribution < 1.29 is 4.74 Å². The van der Waals surface area contributed by atoms with E-state index in [1.54, 1.807) is 7.11 Å². The second kappa shape index (κ2) is 6.04. The maximum absolute atomic E-state index is 8.51. The first-order valence-corrected chi connectivity index (χ1v) is 6.22. The molecule has 0 aromatic heterocycles. The van der Waals surface area contributed by atoms with Gasteiger partial charge in [0.25, 0.3) is 0 Å². The number of halogens is 1. The van der Waals surface area contributed by atoms with Gasteiger partial charge in [0.15, 0.2) is 0 Å². The summed E-state index contributed by atoms with van der Waals surface area (Å²) in [7, 11) is 1.65. The van der Waals surface area contributed by atoms with Gasteiger partial charge < -0.3 is 10.1 Å². The Morgan fingerprint density at radius 1 is 1.47 bits per heavy atom. The van der Waals surface area contributed by atoms with Crippen LogP contribution < -0.4 is 10.1 Å². The number of hydrogen-bond donors (Lipinski definition) is 1. The Hall–Kier alpha value is -1.05. The number of methoxy groups -OCH3 is 1. The van der Waals surface area contributed by atoms with Crippen molar-refractivity contribution in [3.63, 3.8) is 0 Å². The summed E-state index contributed by atoms with van der Waals surface area (Å²) in [5.41, 5.74) is 1.18. The van der Waals surface area contributed by atoms with Crippen molar-refractivity contribution in [2.75, 3.05) is 20.2 Å². The molecular formula is C13H17BrN2O. The molecule has 17 heavy (non-hydrogen) atoms. The second-order valence-electron chi connectivity index (χ2n) is 4.49. The minimum atomic E-state index is -0.0222. The summed E-state index contributed by atoms with van der Waals surface area (Å²) in [5.74, 6) is 0.828. The van der Waals surface area contributed by atoms with Gasteiger partial charge in [0.1, 0.15) is 5.75 Å². The normalized spacial score (nSPS) is 11.0. The highest BCUT2D eigenvalue weighted by atomic mass is 79.9. The monoisotopic (exact) mass is 296 g/mol. The van der Waals surface area contributed by atoms with E-state index in [1.807, 2.05) is 6.07 Å². The van der Waals surface area contributed by atoms with Crippen LogP contribution >= 0.6 is 15.9 Å². The van der Waals surface area contributed by atoms with Gasteiger partial charge in [-0.1, -0.05) is 19.9 Å². The van der Waals surface area contributed by atoms with Gasteiger partial charge in [-0.05, 0) is 33.6 Å². The van der Waals surface area contributed by atoms with E-state index in [0.717, 1.165) is 16.8 Å². The van der Waals surface area contributed by atoms with Crippen LogP contribution in [0.3, 0.4) is 0 Å². The number of hydrogen-bond acceptors (Lipinski definition) is 3. The number of rotatable bonds is 5. The number of nitrogens with zero attached hydrogens (tertiary/aromatic N) is 1. The highest BCUT2D eigenvalue weighted by Crippen LogP contribution is 2.31. The van der Waals surface area contributed by atoms with E-state index >= 15 is 0 Å². The fourth-order valence-corrected chi connectivity index (χ4v) is 2.16. The summed E-state index contributed by atoms with van der Waals surface area (Å²) < 4.78 is 6.16. The number of nitriles is 1. The zero-order chi connectivity index (χ0) is 12.9. The van der Waals surface area contributed by atoms with Crippen molar-refractivity contribution in [2.45, 2.75) is 19.3 Å². The van der Waals surface area contributed by atoms with Crippen LogP contribution in [-0.4, -0.2) is 20.2 Å². The lowest BCUT2D eigenvalue weighted by Crippen LogP contribution is -2.33. The maximum Gasteiger partial charge on any atom is 0.133 e. The van der Waals surface area contributed by atoms with Gasteiger partial charge in [0.05, 0.1) is 24.2 Å². The molecule has 4 heteroatoms. The second-order valence-corrected chi connectivity index (χ2v) is 5.35. The van der Waals surface area contributed by atoms with Gasteiger partial charge in [-0.15, -0.1) is 0 Å². The Bertz CT molecular complexity index is 424. The summed E-state index contributed by atoms with van der Waals surface area (Å²) in [6.07, 6.45) is 0. The molecule has 1 aromatic carbocycles. The van der Waals surface area contributed by atoms with Crippen LogP contribution in [0.25, 0.3) is 0 Å². The molecule has 3 nitrogen and oxygen atoms in total. The third kappa shape index (κ3) is 3.72. The third-order valence-electron chi connectivity index (χ3n) is 2.70. The molecule has 0 bridgehead atoms. The molecule has 0 unspecified atom stereocenters. The molecule has 0 aliphatic heterocycles. The largest absolute Gasteiger partial charge is 0.496 e. The van der Waals surface area contributed by atoms with Gasteiger partial charge >= 0.3 is 0 Å². The molecule has 0 aliphatic rings. The predicted octanol–water partition coefficient (Wildman–Crippen LogP) is 2.85. The van der Waals surface area contributed by atoms with Gasteiger partial charge in [-0.25, -0.2) is 0 Å². The Kier molecular flexibility index (Phi) is 4.98. The standard InChI is InChI=1S/C13H17BrN2O/c1-13(2,9-16-7-6-15)10-4-5-12(17-3)11(14)8-10/h4-5,8,16H,7,9H2,1-3H3. The Balaban J connectivity index is 2.84. The molecule has 0 heterocycles. The predicted molar refractivity (Wildman–Crippen MR) is 72.2 cm³/mol. The summed E-state index contributed by atoms with van der Waals surface area (Å²) in [6.45, 7) is 5.43. The minimum Gasteiger partial charge on any atom is -0.496 e. The maximum atomic E-state index is 8.51. The lowest BCUT2D eigenvalue weighted by atomic mass is 9.84. The Morgan fingerprint density at radius 3 is 2.71 bits per heavy atom. The van der Waals surface area contributed by atoms with E-state index in [-0.39, 0.29) is 5.41 Å². The van der Waals surface area contributed by atoms with Crippen LogP contribution in [0.15, 0.2) is 22.7 Å². The van der Waals surface area contributed by atoms with Gasteiger partial charge in [-0.3, -0.25) is 0 Å². The fraction of sp³-hybridized carbons (Fsp3) is 0.462. The Labute approximate surface area is 111 Å². The summed E-state index contributed by atoms with van der Waals surface area (Å²) in [5, 5.41) is 11.6. The molecule has 0 aliphatic carbocycles. The molecule has 92 valence electrons. The zero-order valence-corrected chi connectivity index (χ0v) is 12.0. The van der Waals surface area contributed by atoms with Crippen LogP contribution in [0, 0.1) is 11.3 Å². The lowest BCUT2D eigenvalue weighted by Gasteiger charge is -2.25. The molecule has 1 rings (SSSR count). The van der Waals surface area contributed by atoms with E-state index in [1.165, 1.54) is 5.56 Å². The van der Waals surface area contributed by atoms with Crippen molar-refractivity contribution in [2.24, 2.45) is 0 Å². The fourth-order valence-electron chi connectivity index (χ4n) is 1.62. The summed E-state index contributed by atoms with van der Waals surface area (Å²) in [6, 6.07) is 8.15. The summed E-state index contributed by atoms with van der Waals surface area (Å²) in [4.78, 5) is 0. The SMILES string of the molecule is COc1ccc(C(C)(C)CNCC#N)cc1Br. The highest BCUT2D eigenvalue weighted by Gasteiger charge is 2.21. The van der Waals surface area contributed by atoms with Crippen molar-refractivity contribution in [3.8, 4) is 11.8 Å². The minimum absolute atomic E-state index is 0.0222. The van der Waals surface area contributed by atoms with Gasteiger partial charge in [-0.2, -0.15) is 5.26 Å². The van der Waals surface area contributed by atoms with Crippen molar-refractivity contribution in [3.05, 3.63) is 28.2 Å². The Morgan fingerprint density at radius 2 is 2.18 bits per heavy atom. The molecule has 1 aromatic rings. The molecule has 0 saturated heterocycles. The van der Waals surface area contributed by atoms with Crippen LogP contribution in [0.4, 0.5) is 0 Å². The molecule has 0 radical (unpaired) electrons. The van der Waals surface area contributed by atoms with Gasteiger partial charge in [0.2, 0.25) is 0 Å². The van der Waals surface area contributed by atoms with Crippen LogP contribution in [0.5, 0.6) is 5.75 Å². The molecule has 0 atom stereocenters. The molecule has 0 fully saturated rings. The molecular weight excluding hydrogens is 280 g/mol. The summed E-state index contributed by atoms with van der Waals surface area (Å²) >= 11 is 3.48. The van der Waals surface area contributed by atoms with E-state index in [4.69, 9.17) is 10.00 Å². The van der Waals surface area contributed by atoms with Crippen molar-refractivity contribution in [1.82, 2.24) is 5.32 Å². The van der Waals surface area contributed by atoms with Crippen LogP contribution in [-0.2, 0) is 5.41 Å². The topological polar surface area (TPSA) is 45.0 Å². The number of ether oxygens (including phenoxy) is 1. The van der Waals surface area contributed by atoms with Crippen LogP contribution in [0.2, 0.25) is 0 Å². The van der Waals surface area contributed by atoms with E-state index in [2.05, 4.69) is 53.3 Å². The lowest BCUT2D eigenvalue weighted by molar-refractivity contribution is 0.411. The average molecular weight is 297 g/mol. The van der Waals surface area contributed by atoms with Crippen molar-refractivity contribution in [1.29, 1.82) is 5.26 Å². The first-order valence-electron chi connectivity index (χ1n) is 5.43. The number of nitrogens with one attached hydrogen (secondary N) is 1. The molecule has 0 amide bonds. The molecule has 0 saturated carbocycles. The van der Waals surface area contributed by atoms with Crippen molar-refractivity contribution >= 4 is 15.9 Å². The first-order chi connectivity index (χ1) is 8.01. The zero-order valence-electron chi connectivity index (χ0n) is 10.4. The quantitative estimate of drug-likeness (QED) is 0.671. The molecule has 1 N–H and O–H groups in total. The first kappa shape index (κ1) is 14.0. The van der Waals surface area contributed by atoms with E-state index < -0.39 is 0 Å². The smallest absolute Gasteiger partial charge is 0.133 e. The average Bonchev–Trinajstić information content (AvgIpc) is 2.29. The third-order valence-corrected chi connectivity index (χ3v) is 3.32. The number of benzene rings is 1. The van der Waals surface area contributed by atoms with E-state index in [9.17, 15) is 0 Å². The van der Waals surface area contributed by atoms with E-state index in [0.29, 0.717) is 6.54 Å². The highest BCUT2D eigenvalue weighted by molar-refractivity contribution is 9.10. The molecule has 0 spiro atoms. The van der Waals surface area contributed by atoms with Crippen LogP contribution in [0.1, 0.15) is 19.4 Å². The van der Waals surface area contributed by atoms with Gasteiger partial charge in [0, 0.05) is 12.0 Å².